The Labute approximate surface area is 66.7 Å². The van der Waals surface area contributed by atoms with Crippen molar-refractivity contribution in [1.29, 1.82) is 0 Å². The third-order valence-corrected chi connectivity index (χ3v) is 3.08. The van der Waals surface area contributed by atoms with E-state index in [1.54, 1.807) is 0 Å². The van der Waals surface area contributed by atoms with Gasteiger partial charge in [0.2, 0.25) is 0 Å². The van der Waals surface area contributed by atoms with Gasteiger partial charge in [-0.2, -0.15) is 12.6 Å². The van der Waals surface area contributed by atoms with Crippen LogP contribution in [0.25, 0.3) is 0 Å². The van der Waals surface area contributed by atoms with Gasteiger partial charge in [-0.3, -0.25) is 4.31 Å². The van der Waals surface area contributed by atoms with Crippen LogP contribution in [-0.2, 0) is 0 Å². The van der Waals surface area contributed by atoms with E-state index in [2.05, 4.69) is 23.2 Å². The van der Waals surface area contributed by atoms with Crippen LogP contribution in [0, 0.1) is 0 Å². The number of nitrogens with zero attached hydrogens (tertiary/aromatic N) is 1. The van der Waals surface area contributed by atoms with Gasteiger partial charge in [0.25, 0.3) is 0 Å². The summed E-state index contributed by atoms with van der Waals surface area (Å²) in [6.45, 7) is 2.44. The first-order valence-electron chi connectivity index (χ1n) is 3.30. The van der Waals surface area contributed by atoms with E-state index in [1.165, 1.54) is 25.9 Å². The van der Waals surface area contributed by atoms with Gasteiger partial charge in [-0.05, 0) is 19.1 Å². The molecular weight excluding hydrogens is 150 g/mol. The normalized spacial score (nSPS) is 24.7. The van der Waals surface area contributed by atoms with Gasteiger partial charge >= 0.3 is 0 Å². The molecule has 0 aliphatic carbocycles. The second kappa shape index (κ2) is 3.74. The maximum Gasteiger partial charge on any atom is 0.00997 e. The Morgan fingerprint density at radius 2 is 2.00 bits per heavy atom. The zero-order valence-electron chi connectivity index (χ0n) is 5.71. The predicted octanol–water partition coefficient (Wildman–Crippen LogP) is 1.66. The maximum absolute atomic E-state index is 4.40. The van der Waals surface area contributed by atoms with Gasteiger partial charge in [-0.25, -0.2) is 0 Å². The minimum absolute atomic E-state index is 0.661. The quantitative estimate of drug-likeness (QED) is 0.462. The summed E-state index contributed by atoms with van der Waals surface area (Å²) in [7, 11) is 0. The monoisotopic (exact) mass is 163 g/mol. The zero-order chi connectivity index (χ0) is 6.69. The smallest absolute Gasteiger partial charge is 0.00997 e. The molecule has 1 nitrogen and oxygen atoms in total. The standard InChI is InChI=1S/C6H13NS2/c1-9-7-4-2-6(8)3-5-7/h6,8H,2-5H2,1H3. The first-order chi connectivity index (χ1) is 4.33. The highest BCUT2D eigenvalue weighted by molar-refractivity contribution is 7.96. The topological polar surface area (TPSA) is 3.24 Å². The maximum atomic E-state index is 4.40. The summed E-state index contributed by atoms with van der Waals surface area (Å²) in [4.78, 5) is 0. The Balaban J connectivity index is 2.18. The third kappa shape index (κ3) is 2.40. The van der Waals surface area contributed by atoms with Crippen molar-refractivity contribution in [2.24, 2.45) is 0 Å². The molecule has 0 radical (unpaired) electrons. The fraction of sp³-hybridized carbons (Fsp3) is 1.00. The molecule has 0 bridgehead atoms. The van der Waals surface area contributed by atoms with Crippen LogP contribution in [-0.4, -0.2) is 28.9 Å². The van der Waals surface area contributed by atoms with E-state index >= 15 is 0 Å². The van der Waals surface area contributed by atoms with Crippen LogP contribution < -0.4 is 0 Å². The van der Waals surface area contributed by atoms with Gasteiger partial charge < -0.3 is 0 Å². The average Bonchev–Trinajstić information content (AvgIpc) is 1.90. The van der Waals surface area contributed by atoms with E-state index in [1.807, 2.05) is 11.9 Å². The Hall–Kier alpha value is 0.660. The van der Waals surface area contributed by atoms with E-state index in [0.29, 0.717) is 5.25 Å². The van der Waals surface area contributed by atoms with Crippen molar-refractivity contribution in [3.8, 4) is 0 Å². The highest BCUT2D eigenvalue weighted by Gasteiger charge is 2.14. The highest BCUT2D eigenvalue weighted by atomic mass is 32.2. The molecule has 1 rings (SSSR count). The van der Waals surface area contributed by atoms with Crippen molar-refractivity contribution in [3.05, 3.63) is 0 Å². The van der Waals surface area contributed by atoms with Gasteiger partial charge in [-0.1, -0.05) is 11.9 Å². The molecule has 0 atom stereocenters. The van der Waals surface area contributed by atoms with E-state index in [4.69, 9.17) is 0 Å². The molecule has 0 N–H and O–H groups in total. The Morgan fingerprint density at radius 1 is 1.44 bits per heavy atom. The van der Waals surface area contributed by atoms with Crippen molar-refractivity contribution in [1.82, 2.24) is 4.31 Å². The fourth-order valence-corrected chi connectivity index (χ4v) is 1.83. The molecule has 0 aromatic heterocycles. The Kier molecular flexibility index (Phi) is 3.22. The molecular formula is C6H13NS2. The molecule has 54 valence electrons. The van der Waals surface area contributed by atoms with E-state index in [9.17, 15) is 0 Å². The van der Waals surface area contributed by atoms with Crippen LogP contribution in [0.3, 0.4) is 0 Å². The van der Waals surface area contributed by atoms with Crippen LogP contribution in [0.15, 0.2) is 0 Å². The molecule has 1 saturated heterocycles. The summed E-state index contributed by atoms with van der Waals surface area (Å²) < 4.78 is 2.40. The lowest BCUT2D eigenvalue weighted by molar-refractivity contribution is 0.390. The van der Waals surface area contributed by atoms with E-state index in [-0.39, 0.29) is 0 Å². The van der Waals surface area contributed by atoms with Crippen LogP contribution in [0.4, 0.5) is 0 Å². The molecule has 0 spiro atoms. The first-order valence-corrected chi connectivity index (χ1v) is 5.00. The molecule has 1 aliphatic rings. The lowest BCUT2D eigenvalue weighted by atomic mass is 10.2. The predicted molar refractivity (Wildman–Crippen MR) is 47.1 cm³/mol. The number of hydrogen-bond donors (Lipinski definition) is 1. The number of thiol groups is 1. The summed E-state index contributed by atoms with van der Waals surface area (Å²) in [6.07, 6.45) is 4.65. The summed E-state index contributed by atoms with van der Waals surface area (Å²) >= 11 is 6.25. The molecule has 0 unspecified atom stereocenters. The number of rotatable bonds is 1. The Morgan fingerprint density at radius 3 is 2.44 bits per heavy atom. The largest absolute Gasteiger partial charge is 0.251 e. The van der Waals surface area contributed by atoms with Crippen molar-refractivity contribution in [2.45, 2.75) is 18.1 Å². The summed E-state index contributed by atoms with van der Waals surface area (Å²) in [5, 5.41) is 0.661. The number of piperidine rings is 1. The molecule has 3 heteroatoms. The molecule has 0 saturated carbocycles. The van der Waals surface area contributed by atoms with Crippen molar-refractivity contribution in [2.75, 3.05) is 19.3 Å². The zero-order valence-corrected chi connectivity index (χ0v) is 7.42. The lowest BCUT2D eigenvalue weighted by Gasteiger charge is -2.27. The molecule has 1 aliphatic heterocycles. The van der Waals surface area contributed by atoms with Gasteiger partial charge in [0, 0.05) is 18.3 Å². The van der Waals surface area contributed by atoms with Gasteiger partial charge in [0.1, 0.15) is 0 Å². The SMILES string of the molecule is CSN1CCC(S)CC1. The molecule has 0 aromatic rings. The van der Waals surface area contributed by atoms with E-state index < -0.39 is 0 Å². The molecule has 1 heterocycles. The van der Waals surface area contributed by atoms with Crippen molar-refractivity contribution < 1.29 is 0 Å². The average molecular weight is 163 g/mol. The summed E-state index contributed by atoms with van der Waals surface area (Å²) in [6, 6.07) is 0. The number of hydrogen-bond acceptors (Lipinski definition) is 3. The second-order valence-corrected chi connectivity index (χ2v) is 3.95. The van der Waals surface area contributed by atoms with Crippen molar-refractivity contribution >= 4 is 24.6 Å². The molecule has 1 fully saturated rings. The third-order valence-electron chi connectivity index (χ3n) is 1.68. The summed E-state index contributed by atoms with van der Waals surface area (Å²) in [5.41, 5.74) is 0. The van der Waals surface area contributed by atoms with Gasteiger partial charge in [0.05, 0.1) is 0 Å². The fourth-order valence-electron chi connectivity index (χ4n) is 1.02. The van der Waals surface area contributed by atoms with Crippen LogP contribution >= 0.6 is 24.6 Å². The summed E-state index contributed by atoms with van der Waals surface area (Å²) in [5.74, 6) is 0. The van der Waals surface area contributed by atoms with Crippen LogP contribution in [0.1, 0.15) is 12.8 Å². The van der Waals surface area contributed by atoms with Gasteiger partial charge in [0.15, 0.2) is 0 Å². The van der Waals surface area contributed by atoms with Crippen molar-refractivity contribution in [3.63, 3.8) is 0 Å². The van der Waals surface area contributed by atoms with Crippen LogP contribution in [0.5, 0.6) is 0 Å². The molecule has 9 heavy (non-hydrogen) atoms. The second-order valence-electron chi connectivity index (χ2n) is 2.34. The van der Waals surface area contributed by atoms with Gasteiger partial charge in [-0.15, -0.1) is 0 Å². The highest BCUT2D eigenvalue weighted by Crippen LogP contribution is 2.19. The minimum Gasteiger partial charge on any atom is -0.251 e. The molecule has 0 aromatic carbocycles. The first kappa shape index (κ1) is 7.76. The Bertz CT molecular complexity index is 79.1. The lowest BCUT2D eigenvalue weighted by Crippen LogP contribution is -2.28. The van der Waals surface area contributed by atoms with Crippen LogP contribution in [0.2, 0.25) is 0 Å². The van der Waals surface area contributed by atoms with E-state index in [0.717, 1.165) is 0 Å². The minimum atomic E-state index is 0.661. The molecule has 0 amide bonds.